The van der Waals surface area contributed by atoms with E-state index in [0.717, 1.165) is 35.9 Å². The van der Waals surface area contributed by atoms with Gasteiger partial charge in [-0.05, 0) is 31.2 Å². The van der Waals surface area contributed by atoms with E-state index < -0.39 is 0 Å². The van der Waals surface area contributed by atoms with Gasteiger partial charge in [0, 0.05) is 38.0 Å². The van der Waals surface area contributed by atoms with Crippen molar-refractivity contribution in [3.63, 3.8) is 0 Å². The molecule has 0 fully saturated rings. The Bertz CT molecular complexity index is 766. The van der Waals surface area contributed by atoms with Gasteiger partial charge >= 0.3 is 0 Å². The summed E-state index contributed by atoms with van der Waals surface area (Å²) >= 11 is 1.62. The Morgan fingerprint density at radius 3 is 3.13 bits per heavy atom. The maximum Gasteiger partial charge on any atom is 0.259 e. The molecule has 23 heavy (non-hydrogen) atoms. The van der Waals surface area contributed by atoms with E-state index in [2.05, 4.69) is 15.3 Å². The van der Waals surface area contributed by atoms with Gasteiger partial charge in [-0.1, -0.05) is 0 Å². The van der Waals surface area contributed by atoms with E-state index in [0.29, 0.717) is 31.8 Å². The van der Waals surface area contributed by atoms with Crippen LogP contribution in [0.3, 0.4) is 0 Å². The van der Waals surface area contributed by atoms with E-state index >= 15 is 0 Å². The number of rotatable bonds is 7. The molecule has 6 nitrogen and oxygen atoms in total. The van der Waals surface area contributed by atoms with Crippen molar-refractivity contribution < 1.29 is 9.53 Å². The molecular weight excluding hydrogens is 314 g/mol. The van der Waals surface area contributed by atoms with E-state index in [1.54, 1.807) is 18.4 Å². The highest BCUT2D eigenvalue weighted by Crippen LogP contribution is 2.34. The summed E-state index contributed by atoms with van der Waals surface area (Å²) in [7, 11) is 1.64. The second kappa shape index (κ2) is 7.23. The predicted molar refractivity (Wildman–Crippen MR) is 90.1 cm³/mol. The number of amides is 1. The van der Waals surface area contributed by atoms with Crippen molar-refractivity contribution in [3.05, 3.63) is 26.6 Å². The highest BCUT2D eigenvalue weighted by atomic mass is 32.1. The molecule has 0 saturated carbocycles. The zero-order valence-electron chi connectivity index (χ0n) is 13.2. The third kappa shape index (κ3) is 3.61. The lowest BCUT2D eigenvalue weighted by molar-refractivity contribution is -0.121. The first-order chi connectivity index (χ1) is 11.2. The number of hydrogen-bond acceptors (Lipinski definition) is 5. The highest BCUT2D eigenvalue weighted by molar-refractivity contribution is 7.18. The Morgan fingerprint density at radius 2 is 2.30 bits per heavy atom. The Kier molecular flexibility index (Phi) is 5.07. The number of nitrogens with one attached hydrogen (secondary N) is 2. The summed E-state index contributed by atoms with van der Waals surface area (Å²) in [6, 6.07) is 0. The topological polar surface area (TPSA) is 84.1 Å². The summed E-state index contributed by atoms with van der Waals surface area (Å²) in [5.41, 5.74) is 1.12. The molecule has 0 atom stereocenters. The smallest absolute Gasteiger partial charge is 0.259 e. The van der Waals surface area contributed by atoms with Gasteiger partial charge in [-0.25, -0.2) is 4.98 Å². The minimum absolute atomic E-state index is 0.0301. The monoisotopic (exact) mass is 335 g/mol. The number of hydrogen-bond donors (Lipinski definition) is 2. The van der Waals surface area contributed by atoms with Crippen LogP contribution >= 0.6 is 11.3 Å². The van der Waals surface area contributed by atoms with Gasteiger partial charge in [0.05, 0.1) is 5.39 Å². The lowest BCUT2D eigenvalue weighted by Gasteiger charge is -2.05. The summed E-state index contributed by atoms with van der Waals surface area (Å²) < 4.78 is 4.93. The van der Waals surface area contributed by atoms with Crippen molar-refractivity contribution >= 4 is 27.5 Å². The van der Waals surface area contributed by atoms with Gasteiger partial charge in [0.1, 0.15) is 10.7 Å². The third-order valence-electron chi connectivity index (χ3n) is 4.06. The number of carbonyl (C=O) groups excluding carboxylic acids is 1. The molecule has 7 heteroatoms. The molecule has 2 aromatic heterocycles. The van der Waals surface area contributed by atoms with Gasteiger partial charge in [-0.2, -0.15) is 0 Å². The SMILES string of the molecule is COCCCNC(=O)CCc1nc2sc3c(c2c(=O)[nH]1)CCC3. The second-order valence-electron chi connectivity index (χ2n) is 5.75. The molecule has 0 bridgehead atoms. The molecule has 0 saturated heterocycles. The van der Waals surface area contributed by atoms with Crippen LogP contribution in [0.4, 0.5) is 0 Å². The molecule has 3 rings (SSSR count). The van der Waals surface area contributed by atoms with Crippen LogP contribution in [-0.4, -0.2) is 36.1 Å². The van der Waals surface area contributed by atoms with Crippen molar-refractivity contribution in [3.8, 4) is 0 Å². The van der Waals surface area contributed by atoms with Crippen LogP contribution < -0.4 is 10.9 Å². The fourth-order valence-corrected chi connectivity index (χ4v) is 4.21. The minimum Gasteiger partial charge on any atom is -0.385 e. The van der Waals surface area contributed by atoms with E-state index in [1.807, 2.05) is 0 Å². The largest absolute Gasteiger partial charge is 0.385 e. The molecule has 0 aromatic carbocycles. The summed E-state index contributed by atoms with van der Waals surface area (Å²) in [6.45, 7) is 1.24. The van der Waals surface area contributed by atoms with E-state index in [1.165, 1.54) is 10.4 Å². The van der Waals surface area contributed by atoms with Gasteiger partial charge in [0.25, 0.3) is 5.56 Å². The maximum atomic E-state index is 12.3. The number of aromatic nitrogens is 2. The Balaban J connectivity index is 1.63. The lowest BCUT2D eigenvalue weighted by Crippen LogP contribution is -2.26. The van der Waals surface area contributed by atoms with E-state index in [-0.39, 0.29) is 11.5 Å². The first-order valence-electron chi connectivity index (χ1n) is 7.98. The van der Waals surface area contributed by atoms with Gasteiger partial charge in [0.2, 0.25) is 5.91 Å². The number of carbonyl (C=O) groups is 1. The van der Waals surface area contributed by atoms with Crippen molar-refractivity contribution in [2.24, 2.45) is 0 Å². The van der Waals surface area contributed by atoms with Crippen LogP contribution in [0.25, 0.3) is 10.2 Å². The standard InChI is InChI=1S/C16H21N3O3S/c1-22-9-3-8-17-13(20)7-6-12-18-15(21)14-10-4-2-5-11(10)23-16(14)19-12/h2-9H2,1H3,(H,17,20)(H,18,19,21). The van der Waals surface area contributed by atoms with Crippen molar-refractivity contribution in [1.29, 1.82) is 0 Å². The van der Waals surface area contributed by atoms with Gasteiger partial charge in [0.15, 0.2) is 0 Å². The Hall–Kier alpha value is -1.73. The molecular formula is C16H21N3O3S. The molecule has 0 unspecified atom stereocenters. The number of aromatic amines is 1. The number of ether oxygens (including phenoxy) is 1. The number of aryl methyl sites for hydroxylation is 3. The summed E-state index contributed by atoms with van der Waals surface area (Å²) in [4.78, 5) is 33.6. The van der Waals surface area contributed by atoms with E-state index in [9.17, 15) is 9.59 Å². The summed E-state index contributed by atoms with van der Waals surface area (Å²) in [5, 5.41) is 3.59. The van der Waals surface area contributed by atoms with Crippen LogP contribution in [0.5, 0.6) is 0 Å². The zero-order valence-corrected chi connectivity index (χ0v) is 14.1. The predicted octanol–water partition coefficient (Wildman–Crippen LogP) is 1.56. The van der Waals surface area contributed by atoms with Crippen LogP contribution in [0, 0.1) is 0 Å². The van der Waals surface area contributed by atoms with Gasteiger partial charge in [-0.15, -0.1) is 11.3 Å². The summed E-state index contributed by atoms with van der Waals surface area (Å²) in [6.07, 6.45) is 4.72. The maximum absolute atomic E-state index is 12.3. The molecule has 124 valence electrons. The fourth-order valence-electron chi connectivity index (χ4n) is 2.93. The number of methoxy groups -OCH3 is 1. The molecule has 2 aromatic rings. The van der Waals surface area contributed by atoms with Gasteiger partial charge < -0.3 is 15.0 Å². The third-order valence-corrected chi connectivity index (χ3v) is 5.25. The molecule has 0 aliphatic heterocycles. The Morgan fingerprint density at radius 1 is 1.43 bits per heavy atom. The zero-order chi connectivity index (χ0) is 16.2. The lowest BCUT2D eigenvalue weighted by atomic mass is 10.2. The molecule has 1 amide bonds. The summed E-state index contributed by atoms with van der Waals surface area (Å²) in [5.74, 6) is 0.562. The average molecular weight is 335 g/mol. The van der Waals surface area contributed by atoms with E-state index in [4.69, 9.17) is 4.74 Å². The molecule has 1 aliphatic carbocycles. The fraction of sp³-hybridized carbons (Fsp3) is 0.562. The average Bonchev–Trinajstić information content (AvgIpc) is 3.09. The van der Waals surface area contributed by atoms with Crippen LogP contribution in [0.15, 0.2) is 4.79 Å². The molecule has 0 radical (unpaired) electrons. The number of thiophene rings is 1. The first-order valence-corrected chi connectivity index (χ1v) is 8.79. The number of fused-ring (bicyclic) bond motifs is 3. The minimum atomic E-state index is -0.0649. The molecule has 2 N–H and O–H groups in total. The normalized spacial score (nSPS) is 13.4. The molecule has 2 heterocycles. The van der Waals surface area contributed by atoms with Crippen molar-refractivity contribution in [2.75, 3.05) is 20.3 Å². The molecule has 0 spiro atoms. The van der Waals surface area contributed by atoms with Crippen LogP contribution in [-0.2, 0) is 28.8 Å². The number of H-pyrrole nitrogens is 1. The van der Waals surface area contributed by atoms with Crippen LogP contribution in [0.2, 0.25) is 0 Å². The molecule has 1 aliphatic rings. The van der Waals surface area contributed by atoms with Crippen LogP contribution in [0.1, 0.15) is 35.5 Å². The first kappa shape index (κ1) is 16.1. The second-order valence-corrected chi connectivity index (χ2v) is 6.83. The Labute approximate surface area is 138 Å². The highest BCUT2D eigenvalue weighted by Gasteiger charge is 2.21. The van der Waals surface area contributed by atoms with Crippen molar-refractivity contribution in [2.45, 2.75) is 38.5 Å². The number of nitrogens with zero attached hydrogens (tertiary/aromatic N) is 1. The van der Waals surface area contributed by atoms with Gasteiger partial charge in [-0.3, -0.25) is 9.59 Å². The van der Waals surface area contributed by atoms with Crippen molar-refractivity contribution in [1.82, 2.24) is 15.3 Å². The quantitative estimate of drug-likeness (QED) is 0.752.